The number of piperidine rings is 1. The van der Waals surface area contributed by atoms with Gasteiger partial charge in [-0.1, -0.05) is 37.5 Å². The SMILES string of the molecule is CS(=O)(=O)c1ccc(-c2ccc3c(c2)OC(OC(=O)C(F)(F)F)C(C2CCN(C(=O)CC4CCCCC4)CC2)N3)cc1. The molecule has 0 bridgehead atoms. The Hall–Kier alpha value is -3.28. The lowest BCUT2D eigenvalue weighted by Crippen LogP contribution is -2.53. The van der Waals surface area contributed by atoms with E-state index >= 15 is 0 Å². The predicted molar refractivity (Wildman–Crippen MR) is 149 cm³/mol. The first-order chi connectivity index (χ1) is 19.9. The highest BCUT2D eigenvalue weighted by Gasteiger charge is 2.47. The summed E-state index contributed by atoms with van der Waals surface area (Å²) < 4.78 is 73.8. The van der Waals surface area contributed by atoms with E-state index in [1.807, 2.05) is 4.90 Å². The molecule has 42 heavy (non-hydrogen) atoms. The van der Waals surface area contributed by atoms with Gasteiger partial charge in [0.05, 0.1) is 10.6 Å². The number of rotatable bonds is 6. The minimum atomic E-state index is -5.19. The first kappa shape index (κ1) is 30.2. The second-order valence-corrected chi connectivity index (χ2v) is 13.5. The third-order valence-corrected chi connectivity index (χ3v) is 9.63. The van der Waals surface area contributed by atoms with Gasteiger partial charge < -0.3 is 19.7 Å². The highest BCUT2D eigenvalue weighted by molar-refractivity contribution is 7.90. The summed E-state index contributed by atoms with van der Waals surface area (Å²) in [6.07, 6.45) is 1.65. The highest BCUT2D eigenvalue weighted by Crippen LogP contribution is 2.40. The molecule has 1 amide bonds. The number of sulfone groups is 1. The summed E-state index contributed by atoms with van der Waals surface area (Å²) in [4.78, 5) is 26.8. The molecular weight excluding hydrogens is 573 g/mol. The van der Waals surface area contributed by atoms with E-state index in [1.54, 1.807) is 30.3 Å². The van der Waals surface area contributed by atoms with E-state index in [0.717, 1.165) is 31.9 Å². The number of nitrogens with zero attached hydrogens (tertiary/aromatic N) is 1. The molecule has 1 N–H and O–H groups in total. The molecule has 1 saturated carbocycles. The second-order valence-electron chi connectivity index (χ2n) is 11.5. The number of amides is 1. The van der Waals surface area contributed by atoms with Crippen molar-refractivity contribution < 1.29 is 40.7 Å². The number of likely N-dealkylation sites (tertiary alicyclic amines) is 1. The van der Waals surface area contributed by atoms with Crippen LogP contribution in [-0.2, 0) is 24.2 Å². The van der Waals surface area contributed by atoms with Crippen LogP contribution in [0.4, 0.5) is 18.9 Å². The molecule has 2 aliphatic heterocycles. The quantitative estimate of drug-likeness (QED) is 0.428. The molecule has 2 aromatic rings. The summed E-state index contributed by atoms with van der Waals surface area (Å²) in [5.74, 6) is -1.80. The maximum Gasteiger partial charge on any atom is 0.491 e. The molecule has 3 aliphatic rings. The maximum atomic E-state index is 13.2. The van der Waals surface area contributed by atoms with Crippen LogP contribution in [0.3, 0.4) is 0 Å². The van der Waals surface area contributed by atoms with E-state index in [-0.39, 0.29) is 22.5 Å². The van der Waals surface area contributed by atoms with Crippen LogP contribution < -0.4 is 10.1 Å². The van der Waals surface area contributed by atoms with Crippen LogP contribution in [0.2, 0.25) is 0 Å². The van der Waals surface area contributed by atoms with Crippen molar-refractivity contribution >= 4 is 27.4 Å². The normalized spacial score (nSPS) is 22.0. The minimum absolute atomic E-state index is 0.121. The Balaban J connectivity index is 1.31. The maximum absolute atomic E-state index is 13.2. The molecular formula is C30H35F3N2O6S. The van der Waals surface area contributed by atoms with E-state index in [1.165, 1.54) is 18.6 Å². The van der Waals surface area contributed by atoms with Gasteiger partial charge in [0.2, 0.25) is 5.91 Å². The van der Waals surface area contributed by atoms with Crippen molar-refractivity contribution in [1.29, 1.82) is 0 Å². The van der Waals surface area contributed by atoms with Gasteiger partial charge in [-0.05, 0) is 72.9 Å². The number of nitrogens with one attached hydrogen (secondary N) is 1. The zero-order valence-electron chi connectivity index (χ0n) is 23.4. The summed E-state index contributed by atoms with van der Waals surface area (Å²) in [5.41, 5.74) is 1.84. The fourth-order valence-corrected chi connectivity index (χ4v) is 6.77. The molecule has 2 aromatic carbocycles. The van der Waals surface area contributed by atoms with Gasteiger partial charge in [0.25, 0.3) is 6.29 Å². The number of carbonyl (C=O) groups is 2. The molecule has 0 spiro atoms. The number of anilines is 1. The van der Waals surface area contributed by atoms with E-state index in [0.29, 0.717) is 55.1 Å². The summed E-state index contributed by atoms with van der Waals surface area (Å²) in [7, 11) is -3.38. The summed E-state index contributed by atoms with van der Waals surface area (Å²) in [5, 5.41) is 3.24. The number of alkyl halides is 3. The third kappa shape index (κ3) is 7.02. The standard InChI is InChI=1S/C30H35F3N2O6S/c1-42(38,39)23-10-7-20(8-11-23)22-9-12-24-25(18-22)40-28(41-29(37)30(31,32)33)27(34-24)21-13-15-35(16-14-21)26(36)17-19-5-3-2-4-6-19/h7-12,18-19,21,27-28,34H,2-6,13-17H2,1H3. The number of hydrogen-bond acceptors (Lipinski definition) is 7. The monoisotopic (exact) mass is 608 g/mol. The zero-order valence-corrected chi connectivity index (χ0v) is 24.2. The average molecular weight is 609 g/mol. The van der Waals surface area contributed by atoms with E-state index in [4.69, 9.17) is 9.47 Å². The Kier molecular flexibility index (Phi) is 8.73. The Labute approximate surface area is 243 Å². The van der Waals surface area contributed by atoms with Crippen molar-refractivity contribution in [2.45, 2.75) is 74.8 Å². The number of esters is 1. The molecule has 12 heteroatoms. The molecule has 2 atom stereocenters. The Morgan fingerprint density at radius 2 is 1.62 bits per heavy atom. The Morgan fingerprint density at radius 1 is 0.976 bits per heavy atom. The first-order valence-electron chi connectivity index (χ1n) is 14.3. The van der Waals surface area contributed by atoms with Crippen LogP contribution in [0.25, 0.3) is 11.1 Å². The van der Waals surface area contributed by atoms with Gasteiger partial charge in [0.15, 0.2) is 9.84 Å². The van der Waals surface area contributed by atoms with Crippen LogP contribution in [-0.4, -0.2) is 63.0 Å². The Bertz CT molecular complexity index is 1400. The van der Waals surface area contributed by atoms with Crippen LogP contribution in [0, 0.1) is 11.8 Å². The predicted octanol–water partition coefficient (Wildman–Crippen LogP) is 5.57. The van der Waals surface area contributed by atoms with Gasteiger partial charge in [0, 0.05) is 25.8 Å². The summed E-state index contributed by atoms with van der Waals surface area (Å²) >= 11 is 0. The van der Waals surface area contributed by atoms with Crippen LogP contribution in [0.1, 0.15) is 51.4 Å². The Morgan fingerprint density at radius 3 is 2.24 bits per heavy atom. The van der Waals surface area contributed by atoms with Gasteiger partial charge >= 0.3 is 12.1 Å². The van der Waals surface area contributed by atoms with Gasteiger partial charge in [-0.3, -0.25) is 4.79 Å². The molecule has 0 radical (unpaired) electrons. The summed E-state index contributed by atoms with van der Waals surface area (Å²) in [6.45, 7) is 0.952. The molecule has 2 heterocycles. The molecule has 2 unspecified atom stereocenters. The van der Waals surface area contributed by atoms with Crippen LogP contribution >= 0.6 is 0 Å². The van der Waals surface area contributed by atoms with Crippen molar-refractivity contribution in [3.63, 3.8) is 0 Å². The molecule has 2 fully saturated rings. The number of benzene rings is 2. The second kappa shape index (κ2) is 12.1. The third-order valence-electron chi connectivity index (χ3n) is 8.50. The highest BCUT2D eigenvalue weighted by atomic mass is 32.2. The van der Waals surface area contributed by atoms with E-state index in [2.05, 4.69) is 5.32 Å². The average Bonchev–Trinajstić information content (AvgIpc) is 2.96. The van der Waals surface area contributed by atoms with Gasteiger partial charge in [-0.15, -0.1) is 0 Å². The largest absolute Gasteiger partial charge is 0.491 e. The lowest BCUT2D eigenvalue weighted by Gasteiger charge is -2.42. The smallest absolute Gasteiger partial charge is 0.450 e. The lowest BCUT2D eigenvalue weighted by molar-refractivity contribution is -0.219. The number of ether oxygens (including phenoxy) is 2. The van der Waals surface area contributed by atoms with Crippen molar-refractivity contribution in [2.24, 2.45) is 11.8 Å². The molecule has 1 saturated heterocycles. The van der Waals surface area contributed by atoms with Crippen molar-refractivity contribution in [1.82, 2.24) is 4.90 Å². The number of carbonyl (C=O) groups excluding carboxylic acids is 2. The topological polar surface area (TPSA) is 102 Å². The van der Waals surface area contributed by atoms with Crippen molar-refractivity contribution in [3.8, 4) is 16.9 Å². The fourth-order valence-electron chi connectivity index (χ4n) is 6.14. The molecule has 228 valence electrons. The zero-order chi connectivity index (χ0) is 30.1. The molecule has 8 nitrogen and oxygen atoms in total. The van der Waals surface area contributed by atoms with Crippen LogP contribution in [0.15, 0.2) is 47.4 Å². The van der Waals surface area contributed by atoms with Gasteiger partial charge in [-0.25, -0.2) is 13.2 Å². The van der Waals surface area contributed by atoms with E-state index < -0.39 is 34.3 Å². The van der Waals surface area contributed by atoms with Gasteiger partial charge in [-0.2, -0.15) is 13.2 Å². The first-order valence-corrected chi connectivity index (χ1v) is 16.2. The molecule has 5 rings (SSSR count). The van der Waals surface area contributed by atoms with Crippen molar-refractivity contribution in [3.05, 3.63) is 42.5 Å². The number of fused-ring (bicyclic) bond motifs is 1. The number of halogens is 3. The van der Waals surface area contributed by atoms with Crippen molar-refractivity contribution in [2.75, 3.05) is 24.7 Å². The molecule has 0 aromatic heterocycles. The lowest BCUT2D eigenvalue weighted by atomic mass is 9.85. The fraction of sp³-hybridized carbons (Fsp3) is 0.533. The molecule has 1 aliphatic carbocycles. The van der Waals surface area contributed by atoms with Crippen LogP contribution in [0.5, 0.6) is 5.75 Å². The minimum Gasteiger partial charge on any atom is -0.450 e. The number of hydrogen-bond donors (Lipinski definition) is 1. The summed E-state index contributed by atoms with van der Waals surface area (Å²) in [6, 6.07) is 10.6. The van der Waals surface area contributed by atoms with E-state index in [9.17, 15) is 31.2 Å². The van der Waals surface area contributed by atoms with Gasteiger partial charge in [0.1, 0.15) is 11.8 Å².